The summed E-state index contributed by atoms with van der Waals surface area (Å²) in [5, 5.41) is 0. The van der Waals surface area contributed by atoms with E-state index in [1.165, 1.54) is 0 Å². The summed E-state index contributed by atoms with van der Waals surface area (Å²) in [4.78, 5) is 0. The molecule has 0 aliphatic rings. The van der Waals surface area contributed by atoms with E-state index in [0.29, 0.717) is 0 Å². The zero-order valence-electron chi connectivity index (χ0n) is 15.5. The van der Waals surface area contributed by atoms with Crippen LogP contribution in [0.1, 0.15) is 0 Å². The van der Waals surface area contributed by atoms with Gasteiger partial charge in [0, 0.05) is 0 Å². The number of nitrogens with zero attached hydrogens (tertiary/aromatic N) is 2. The Hall–Kier alpha value is 0.532. The standard InChI is InChI=1S/C12H36BN2Si4/c1-16(2,3)14(17(4,5)6)13-15(18(7,8)9)19(10,11)12/h1-12H3/q+1. The molecule has 0 saturated heterocycles. The van der Waals surface area contributed by atoms with E-state index in [2.05, 4.69) is 93.0 Å². The van der Waals surface area contributed by atoms with E-state index in [-0.39, 0.29) is 0 Å². The van der Waals surface area contributed by atoms with Crippen LogP contribution in [0.5, 0.6) is 0 Å². The van der Waals surface area contributed by atoms with Crippen LogP contribution in [0.15, 0.2) is 0 Å². The van der Waals surface area contributed by atoms with Crippen molar-refractivity contribution in [1.29, 1.82) is 0 Å². The molecule has 0 saturated carbocycles. The molecule has 0 rings (SSSR count). The van der Waals surface area contributed by atoms with Crippen molar-refractivity contribution in [3.8, 4) is 0 Å². The Labute approximate surface area is 126 Å². The van der Waals surface area contributed by atoms with E-state index in [0.717, 1.165) is 0 Å². The third-order valence-corrected chi connectivity index (χ3v) is 17.4. The molecular formula is C12H36BN2Si4+. The molecule has 2 nitrogen and oxygen atoms in total. The zero-order chi connectivity index (χ0) is 15.9. The van der Waals surface area contributed by atoms with Gasteiger partial charge in [0.05, 0.1) is 0 Å². The quantitative estimate of drug-likeness (QED) is 0.673. The van der Waals surface area contributed by atoms with Crippen LogP contribution in [0.3, 0.4) is 0 Å². The predicted octanol–water partition coefficient (Wildman–Crippen LogP) is 4.42. The van der Waals surface area contributed by atoms with Gasteiger partial charge in [-0.25, -0.2) is 0 Å². The summed E-state index contributed by atoms with van der Waals surface area (Å²) in [6, 6.07) is 0. The fourth-order valence-corrected chi connectivity index (χ4v) is 21.2. The Morgan fingerprint density at radius 2 is 0.579 bits per heavy atom. The van der Waals surface area contributed by atoms with Gasteiger partial charge in [-0.3, -0.25) is 0 Å². The molecule has 0 aromatic rings. The van der Waals surface area contributed by atoms with Crippen molar-refractivity contribution in [2.24, 2.45) is 0 Å². The fraction of sp³-hybridized carbons (Fsp3) is 1.00. The first-order chi connectivity index (χ1) is 7.97. The van der Waals surface area contributed by atoms with E-state index in [9.17, 15) is 0 Å². The van der Waals surface area contributed by atoms with Gasteiger partial charge in [0.2, 0.25) is 0 Å². The van der Waals surface area contributed by atoms with Gasteiger partial charge >= 0.3 is 126 Å². The van der Waals surface area contributed by atoms with Gasteiger partial charge in [-0.2, -0.15) is 0 Å². The Bertz CT molecular complexity index is 331. The predicted molar refractivity (Wildman–Crippen MR) is 99.7 cm³/mol. The molecular weight excluding hydrogens is 295 g/mol. The molecule has 0 spiro atoms. The molecule has 0 aliphatic heterocycles. The first kappa shape index (κ1) is 19.5. The molecule has 0 aromatic heterocycles. The van der Waals surface area contributed by atoms with Crippen LogP contribution in [0.4, 0.5) is 0 Å². The van der Waals surface area contributed by atoms with Gasteiger partial charge in [0.25, 0.3) is 0 Å². The minimum absolute atomic E-state index is 1.30. The van der Waals surface area contributed by atoms with Crippen LogP contribution >= 0.6 is 0 Å². The average Bonchev–Trinajstić information content (AvgIpc) is 1.91. The second-order valence-electron chi connectivity index (χ2n) is 9.54. The van der Waals surface area contributed by atoms with E-state index in [1.807, 2.05) is 0 Å². The van der Waals surface area contributed by atoms with Crippen LogP contribution in [0.2, 0.25) is 78.6 Å². The van der Waals surface area contributed by atoms with Gasteiger partial charge in [0.15, 0.2) is 0 Å². The summed E-state index contributed by atoms with van der Waals surface area (Å²) >= 11 is 0. The number of rotatable bonds is 4. The molecule has 0 atom stereocenters. The van der Waals surface area contributed by atoms with Gasteiger partial charge in [-0.1, -0.05) is 0 Å². The monoisotopic (exact) mass is 331 g/mol. The molecule has 0 radical (unpaired) electrons. The second kappa shape index (κ2) is 5.73. The van der Waals surface area contributed by atoms with Gasteiger partial charge in [-0.05, 0) is 0 Å². The topological polar surface area (TPSA) is 6.02 Å². The molecule has 19 heavy (non-hydrogen) atoms. The van der Waals surface area contributed by atoms with Gasteiger partial charge < -0.3 is 0 Å². The van der Waals surface area contributed by atoms with Crippen molar-refractivity contribution >= 4 is 39.8 Å². The summed E-state index contributed by atoms with van der Waals surface area (Å²) in [6.45, 7) is 32.3. The number of hydrogen-bond acceptors (Lipinski definition) is 0. The minimum atomic E-state index is -1.30. The van der Waals surface area contributed by atoms with Crippen LogP contribution in [0.25, 0.3) is 0 Å². The van der Waals surface area contributed by atoms with Crippen molar-refractivity contribution in [3.05, 3.63) is 0 Å². The van der Waals surface area contributed by atoms with Gasteiger partial charge in [0.1, 0.15) is 0 Å². The normalized spacial score (nSPS) is 14.1. The van der Waals surface area contributed by atoms with Crippen molar-refractivity contribution in [2.75, 3.05) is 0 Å². The Morgan fingerprint density at radius 1 is 0.421 bits per heavy atom. The van der Waals surface area contributed by atoms with E-state index < -0.39 is 32.9 Å². The van der Waals surface area contributed by atoms with Crippen LogP contribution in [-0.2, 0) is 0 Å². The second-order valence-corrected chi connectivity index (χ2v) is 29.7. The number of hydrogen-bond donors (Lipinski definition) is 0. The summed E-state index contributed by atoms with van der Waals surface area (Å²) in [5.74, 6) is 0. The average molecular weight is 332 g/mol. The Morgan fingerprint density at radius 3 is 0.684 bits per heavy atom. The maximum absolute atomic E-state index is 2.82. The molecule has 0 amide bonds. The zero-order valence-corrected chi connectivity index (χ0v) is 19.5. The fourth-order valence-electron chi connectivity index (χ4n) is 2.82. The van der Waals surface area contributed by atoms with E-state index in [4.69, 9.17) is 0 Å². The van der Waals surface area contributed by atoms with Crippen molar-refractivity contribution < 1.29 is 7.62 Å². The molecule has 0 bridgehead atoms. The maximum atomic E-state index is 2.82. The first-order valence-corrected chi connectivity index (χ1v) is 21.2. The summed E-state index contributed by atoms with van der Waals surface area (Å²) in [5.41, 5.74) is 0. The molecule has 7 heteroatoms. The molecule has 0 N–H and O–H groups in total. The third kappa shape index (κ3) is 6.22. The van der Waals surface area contributed by atoms with Crippen LogP contribution < -0.4 is 0 Å². The Kier molecular flexibility index (Phi) is 5.89. The van der Waals surface area contributed by atoms with Crippen molar-refractivity contribution in [1.82, 2.24) is 0 Å². The Balaban J connectivity index is 6.49. The third-order valence-electron chi connectivity index (χ3n) is 3.12. The van der Waals surface area contributed by atoms with Crippen LogP contribution in [0, 0.1) is 0 Å². The van der Waals surface area contributed by atoms with Crippen LogP contribution in [-0.4, -0.2) is 47.4 Å². The molecule has 0 heterocycles. The van der Waals surface area contributed by atoms with Gasteiger partial charge in [-0.15, -0.1) is 0 Å². The first-order valence-electron chi connectivity index (χ1n) is 7.41. The van der Waals surface area contributed by atoms with Crippen molar-refractivity contribution in [3.63, 3.8) is 0 Å². The molecule has 0 aliphatic carbocycles. The van der Waals surface area contributed by atoms with E-state index in [1.54, 1.807) is 0 Å². The van der Waals surface area contributed by atoms with E-state index >= 15 is 0 Å². The summed E-state index contributed by atoms with van der Waals surface area (Å²) in [7, 11) is -5.20. The molecule has 0 fully saturated rings. The molecule has 112 valence electrons. The molecule has 0 aromatic carbocycles. The summed E-state index contributed by atoms with van der Waals surface area (Å²) < 4.78 is 5.63. The molecule has 0 unspecified atom stereocenters. The summed E-state index contributed by atoms with van der Waals surface area (Å²) in [6.07, 6.45) is 0. The van der Waals surface area contributed by atoms with Crippen molar-refractivity contribution in [2.45, 2.75) is 78.6 Å². The SMILES string of the molecule is C[Si](C)(C)[N+](=[B-]=[N+]([Si](C)(C)C)[Si](C)(C)C)[Si](C)(C)C.